The average Bonchev–Trinajstić information content (AvgIpc) is 2.63. The molecule has 14 heavy (non-hydrogen) atoms. The molecule has 0 aliphatic heterocycles. The van der Waals surface area contributed by atoms with Gasteiger partial charge < -0.3 is 5.11 Å². The van der Waals surface area contributed by atoms with Crippen LogP contribution >= 0.6 is 0 Å². The van der Waals surface area contributed by atoms with Gasteiger partial charge in [-0.05, 0) is 11.3 Å². The second-order valence-electron chi connectivity index (χ2n) is 4.10. The van der Waals surface area contributed by atoms with Crippen LogP contribution in [0.15, 0.2) is 24.3 Å². The fourth-order valence-corrected chi connectivity index (χ4v) is 1.80. The molecule has 3 nitrogen and oxygen atoms in total. The summed E-state index contributed by atoms with van der Waals surface area (Å²) in [7, 11) is 0. The van der Waals surface area contributed by atoms with Crippen molar-refractivity contribution < 1.29 is 9.90 Å². The van der Waals surface area contributed by atoms with E-state index in [0.29, 0.717) is 5.57 Å². The molecule has 0 spiro atoms. The van der Waals surface area contributed by atoms with Crippen molar-refractivity contribution >= 4 is 5.97 Å². The molecule has 1 N–H and O–H groups in total. The number of nitriles is 1. The van der Waals surface area contributed by atoms with Crippen molar-refractivity contribution in [2.75, 3.05) is 0 Å². The highest BCUT2D eigenvalue weighted by Gasteiger charge is 2.60. The predicted molar refractivity (Wildman–Crippen MR) is 52.3 cm³/mol. The second-order valence-corrected chi connectivity index (χ2v) is 4.10. The van der Waals surface area contributed by atoms with Gasteiger partial charge in [0.1, 0.15) is 0 Å². The van der Waals surface area contributed by atoms with Crippen LogP contribution in [0.4, 0.5) is 0 Å². The van der Waals surface area contributed by atoms with Crippen molar-refractivity contribution in [3.05, 3.63) is 24.3 Å². The third-order valence-electron chi connectivity index (χ3n) is 2.88. The normalized spacial score (nSPS) is 29.1. The Labute approximate surface area is 83.4 Å². The third kappa shape index (κ3) is 1.56. The predicted octanol–water partition coefficient (Wildman–Crippen LogP) is 1.98. The van der Waals surface area contributed by atoms with E-state index in [-0.39, 0.29) is 17.3 Å². The van der Waals surface area contributed by atoms with Gasteiger partial charge >= 0.3 is 5.97 Å². The summed E-state index contributed by atoms with van der Waals surface area (Å²) in [6.07, 6.45) is 3.15. The molecule has 0 heterocycles. The first-order chi connectivity index (χ1) is 6.45. The van der Waals surface area contributed by atoms with Crippen LogP contribution in [0.2, 0.25) is 0 Å². The molecule has 0 aromatic carbocycles. The first-order valence-electron chi connectivity index (χ1n) is 4.42. The topological polar surface area (TPSA) is 61.1 Å². The van der Waals surface area contributed by atoms with Gasteiger partial charge in [-0.2, -0.15) is 5.26 Å². The Balaban J connectivity index is 2.85. The highest BCUT2D eigenvalue weighted by molar-refractivity contribution is 5.76. The van der Waals surface area contributed by atoms with Gasteiger partial charge in [0.15, 0.2) is 0 Å². The SMILES string of the molecule is C=C/C(C#N)=C/[C@H]1[C@H](C(=O)O)C1(C)C. The third-order valence-corrected chi connectivity index (χ3v) is 2.88. The van der Waals surface area contributed by atoms with Crippen molar-refractivity contribution in [1.29, 1.82) is 5.26 Å². The molecule has 2 atom stereocenters. The van der Waals surface area contributed by atoms with E-state index in [1.54, 1.807) is 6.08 Å². The van der Waals surface area contributed by atoms with Crippen molar-refractivity contribution in [3.8, 4) is 6.07 Å². The monoisotopic (exact) mass is 191 g/mol. The Hall–Kier alpha value is -1.56. The number of nitrogens with zero attached hydrogens (tertiary/aromatic N) is 1. The minimum absolute atomic E-state index is 0.0485. The van der Waals surface area contributed by atoms with Crippen molar-refractivity contribution in [2.24, 2.45) is 17.3 Å². The van der Waals surface area contributed by atoms with Gasteiger partial charge in [-0.3, -0.25) is 4.79 Å². The maximum Gasteiger partial charge on any atom is 0.307 e. The smallest absolute Gasteiger partial charge is 0.307 e. The zero-order valence-corrected chi connectivity index (χ0v) is 8.32. The fraction of sp³-hybridized carbons (Fsp3) is 0.455. The van der Waals surface area contributed by atoms with Crippen LogP contribution in [0.25, 0.3) is 0 Å². The van der Waals surface area contributed by atoms with E-state index in [0.717, 1.165) is 0 Å². The summed E-state index contributed by atoms with van der Waals surface area (Å²) >= 11 is 0. The summed E-state index contributed by atoms with van der Waals surface area (Å²) in [6.45, 7) is 7.28. The molecule has 1 rings (SSSR count). The van der Waals surface area contributed by atoms with Crippen LogP contribution in [0.5, 0.6) is 0 Å². The van der Waals surface area contributed by atoms with E-state index < -0.39 is 5.97 Å². The Morgan fingerprint density at radius 1 is 1.64 bits per heavy atom. The van der Waals surface area contributed by atoms with Gasteiger partial charge in [0.2, 0.25) is 0 Å². The fourth-order valence-electron chi connectivity index (χ4n) is 1.80. The molecule has 0 amide bonds. The van der Waals surface area contributed by atoms with E-state index in [1.807, 2.05) is 19.9 Å². The number of carboxylic acid groups (broad SMARTS) is 1. The van der Waals surface area contributed by atoms with Crippen molar-refractivity contribution in [2.45, 2.75) is 13.8 Å². The van der Waals surface area contributed by atoms with E-state index >= 15 is 0 Å². The van der Waals surface area contributed by atoms with Gasteiger partial charge in [-0.15, -0.1) is 0 Å². The minimum atomic E-state index is -0.794. The van der Waals surface area contributed by atoms with Gasteiger partial charge in [0.25, 0.3) is 0 Å². The summed E-state index contributed by atoms with van der Waals surface area (Å²) in [5.74, 6) is -1.21. The van der Waals surface area contributed by atoms with Crippen LogP contribution in [0.1, 0.15) is 13.8 Å². The highest BCUT2D eigenvalue weighted by atomic mass is 16.4. The Bertz CT molecular complexity index is 347. The average molecular weight is 191 g/mol. The Kier molecular flexibility index (Phi) is 2.48. The first-order valence-corrected chi connectivity index (χ1v) is 4.42. The van der Waals surface area contributed by atoms with Crippen LogP contribution in [-0.4, -0.2) is 11.1 Å². The second kappa shape index (κ2) is 3.30. The lowest BCUT2D eigenvalue weighted by molar-refractivity contribution is -0.139. The maximum atomic E-state index is 10.8. The van der Waals surface area contributed by atoms with Gasteiger partial charge in [0, 0.05) is 5.57 Å². The number of rotatable bonds is 3. The molecule has 0 unspecified atom stereocenters. The number of carbonyl (C=O) groups is 1. The summed E-state index contributed by atoms with van der Waals surface area (Å²) < 4.78 is 0. The van der Waals surface area contributed by atoms with Gasteiger partial charge in [-0.1, -0.05) is 32.6 Å². The van der Waals surface area contributed by atoms with E-state index in [9.17, 15) is 4.79 Å². The number of carboxylic acids is 1. The summed E-state index contributed by atoms with van der Waals surface area (Å²) in [6, 6.07) is 1.97. The molecule has 3 heteroatoms. The molecule has 1 saturated carbocycles. The van der Waals surface area contributed by atoms with Crippen LogP contribution in [0.3, 0.4) is 0 Å². The lowest BCUT2D eigenvalue weighted by atomic mass is 10.1. The number of aliphatic carboxylic acids is 1. The minimum Gasteiger partial charge on any atom is -0.481 e. The van der Waals surface area contributed by atoms with Crippen molar-refractivity contribution in [1.82, 2.24) is 0 Å². The quantitative estimate of drug-likeness (QED) is 0.548. The maximum absolute atomic E-state index is 10.8. The zero-order valence-electron chi connectivity index (χ0n) is 8.32. The molecular formula is C11H13NO2. The van der Waals surface area contributed by atoms with Crippen LogP contribution < -0.4 is 0 Å². The molecule has 0 aromatic heterocycles. The summed E-state index contributed by atoms with van der Waals surface area (Å²) in [4.78, 5) is 10.8. The Morgan fingerprint density at radius 3 is 2.50 bits per heavy atom. The first kappa shape index (κ1) is 10.5. The van der Waals surface area contributed by atoms with E-state index in [1.165, 1.54) is 6.08 Å². The molecule has 0 bridgehead atoms. The van der Waals surface area contributed by atoms with E-state index in [4.69, 9.17) is 10.4 Å². The van der Waals surface area contributed by atoms with Gasteiger partial charge in [-0.25, -0.2) is 0 Å². The van der Waals surface area contributed by atoms with Crippen LogP contribution in [-0.2, 0) is 4.79 Å². The molecule has 0 saturated heterocycles. The largest absolute Gasteiger partial charge is 0.481 e. The Morgan fingerprint density at radius 2 is 2.21 bits per heavy atom. The summed E-state index contributed by atoms with van der Waals surface area (Å²) in [5, 5.41) is 17.5. The molecule has 0 aromatic rings. The molecule has 1 fully saturated rings. The number of hydrogen-bond donors (Lipinski definition) is 1. The summed E-state index contributed by atoms with van der Waals surface area (Å²) in [5.41, 5.74) is 0.212. The zero-order chi connectivity index (χ0) is 10.9. The molecule has 0 radical (unpaired) electrons. The van der Waals surface area contributed by atoms with Crippen LogP contribution in [0, 0.1) is 28.6 Å². The standard InChI is InChI=1S/C11H13NO2/c1-4-7(6-12)5-8-9(10(13)14)11(8,2)3/h4-5,8-9H,1H2,2-3H3,(H,13,14)/b7-5-/t8-,9+/m0/s1. The van der Waals surface area contributed by atoms with Gasteiger partial charge in [0.05, 0.1) is 12.0 Å². The van der Waals surface area contributed by atoms with E-state index in [2.05, 4.69) is 6.58 Å². The molecular weight excluding hydrogens is 178 g/mol. The molecule has 1 aliphatic carbocycles. The molecule has 74 valence electrons. The highest BCUT2D eigenvalue weighted by Crippen LogP contribution is 2.59. The number of hydrogen-bond acceptors (Lipinski definition) is 2. The lowest BCUT2D eigenvalue weighted by Crippen LogP contribution is -2.03. The lowest BCUT2D eigenvalue weighted by Gasteiger charge is -1.96. The number of allylic oxidation sites excluding steroid dienone is 3. The van der Waals surface area contributed by atoms with Crippen molar-refractivity contribution in [3.63, 3.8) is 0 Å². The molecule has 1 aliphatic rings.